The fourth-order valence-corrected chi connectivity index (χ4v) is 4.12. The van der Waals surface area contributed by atoms with E-state index in [1.54, 1.807) is 30.9 Å². The van der Waals surface area contributed by atoms with Gasteiger partial charge in [-0.2, -0.15) is 5.10 Å². The Labute approximate surface area is 193 Å². The summed E-state index contributed by atoms with van der Waals surface area (Å²) in [7, 11) is 3.48. The normalized spacial score (nSPS) is 16.5. The molecule has 3 aromatic heterocycles. The lowest BCUT2D eigenvalue weighted by Crippen LogP contribution is -2.40. The maximum Gasteiger partial charge on any atom is 0.279 e. The van der Waals surface area contributed by atoms with Crippen molar-refractivity contribution in [3.63, 3.8) is 0 Å². The molecule has 1 aromatic carbocycles. The summed E-state index contributed by atoms with van der Waals surface area (Å²) < 4.78 is 24.0. The number of morpholine rings is 1. The van der Waals surface area contributed by atoms with Crippen LogP contribution in [0.5, 0.6) is 0 Å². The summed E-state index contributed by atoms with van der Waals surface area (Å²) in [5, 5.41) is 4.48. The maximum absolute atomic E-state index is 14.9. The van der Waals surface area contributed by atoms with Gasteiger partial charge in [0.2, 0.25) is 5.95 Å². The Kier molecular flexibility index (Phi) is 5.34. The van der Waals surface area contributed by atoms with Gasteiger partial charge in [0.25, 0.3) is 5.56 Å². The highest BCUT2D eigenvalue weighted by Gasteiger charge is 2.28. The van der Waals surface area contributed by atoms with Crippen LogP contribution in [0.15, 0.2) is 35.3 Å². The summed E-state index contributed by atoms with van der Waals surface area (Å²) >= 11 is 5.95. The molecule has 0 bridgehead atoms. The number of aryl methyl sites for hydroxylation is 2. The molecule has 1 fully saturated rings. The fourth-order valence-electron chi connectivity index (χ4n) is 3.96. The quantitative estimate of drug-likeness (QED) is 0.455. The van der Waals surface area contributed by atoms with E-state index in [9.17, 15) is 9.18 Å². The van der Waals surface area contributed by atoms with Gasteiger partial charge in [0.15, 0.2) is 5.52 Å². The first-order valence-electron chi connectivity index (χ1n) is 10.4. The van der Waals surface area contributed by atoms with E-state index in [0.717, 1.165) is 5.69 Å². The standard InChI is InChI=1S/C22H21ClFN7O2/c1-12-26-19-18(14-5-4-13(23)10-15(14)24)27-22(28-20(19)21(32)29(12)2)31-8-9-33-17(11-31)16-6-7-25-30(16)3/h4-7,10,17H,8-9,11H2,1-3H3. The van der Waals surface area contributed by atoms with Gasteiger partial charge >= 0.3 is 0 Å². The lowest BCUT2D eigenvalue weighted by Gasteiger charge is -2.33. The van der Waals surface area contributed by atoms with Gasteiger partial charge in [0.1, 0.15) is 29.0 Å². The molecule has 33 heavy (non-hydrogen) atoms. The van der Waals surface area contributed by atoms with Crippen molar-refractivity contribution in [2.45, 2.75) is 13.0 Å². The predicted molar refractivity (Wildman–Crippen MR) is 122 cm³/mol. The van der Waals surface area contributed by atoms with E-state index in [2.05, 4.69) is 20.1 Å². The second kappa shape index (κ2) is 8.20. The predicted octanol–water partition coefficient (Wildman–Crippen LogP) is 2.80. The van der Waals surface area contributed by atoms with Crippen LogP contribution in [0.2, 0.25) is 5.02 Å². The van der Waals surface area contributed by atoms with E-state index in [-0.39, 0.29) is 39.0 Å². The average Bonchev–Trinajstić information content (AvgIpc) is 3.23. The zero-order valence-corrected chi connectivity index (χ0v) is 19.0. The molecule has 9 nitrogen and oxygen atoms in total. The highest BCUT2D eigenvalue weighted by atomic mass is 35.5. The van der Waals surface area contributed by atoms with Crippen LogP contribution in [0, 0.1) is 12.7 Å². The minimum atomic E-state index is -0.552. The molecule has 0 N–H and O–H groups in total. The van der Waals surface area contributed by atoms with Crippen LogP contribution in [-0.2, 0) is 18.8 Å². The molecule has 0 radical (unpaired) electrons. The number of hydrogen-bond acceptors (Lipinski definition) is 7. The van der Waals surface area contributed by atoms with Crippen LogP contribution in [0.3, 0.4) is 0 Å². The minimum absolute atomic E-state index is 0.126. The van der Waals surface area contributed by atoms with Crippen LogP contribution in [0.25, 0.3) is 22.3 Å². The molecule has 1 saturated heterocycles. The van der Waals surface area contributed by atoms with Crippen LogP contribution in [-0.4, -0.2) is 49.0 Å². The lowest BCUT2D eigenvalue weighted by atomic mass is 10.1. The van der Waals surface area contributed by atoms with Crippen molar-refractivity contribution in [2.75, 3.05) is 24.6 Å². The highest BCUT2D eigenvalue weighted by Crippen LogP contribution is 2.31. The summed E-state index contributed by atoms with van der Waals surface area (Å²) in [6, 6.07) is 6.22. The third-order valence-corrected chi connectivity index (χ3v) is 6.10. The lowest BCUT2D eigenvalue weighted by molar-refractivity contribution is 0.0341. The fraction of sp³-hybridized carbons (Fsp3) is 0.318. The van der Waals surface area contributed by atoms with Gasteiger partial charge in [-0.15, -0.1) is 0 Å². The van der Waals surface area contributed by atoms with Gasteiger partial charge in [-0.05, 0) is 31.2 Å². The van der Waals surface area contributed by atoms with Crippen molar-refractivity contribution in [1.82, 2.24) is 29.3 Å². The largest absolute Gasteiger partial charge is 0.368 e. The highest BCUT2D eigenvalue weighted by molar-refractivity contribution is 6.30. The summed E-state index contributed by atoms with van der Waals surface area (Å²) in [6.45, 7) is 3.11. The van der Waals surface area contributed by atoms with E-state index in [1.807, 2.05) is 18.0 Å². The monoisotopic (exact) mass is 469 g/mol. The number of hydrogen-bond donors (Lipinski definition) is 0. The van der Waals surface area contributed by atoms with Gasteiger partial charge in [0, 0.05) is 37.4 Å². The zero-order valence-electron chi connectivity index (χ0n) is 18.3. The van der Waals surface area contributed by atoms with Crippen molar-refractivity contribution in [3.8, 4) is 11.3 Å². The Morgan fingerprint density at radius 1 is 1.15 bits per heavy atom. The maximum atomic E-state index is 14.9. The van der Waals surface area contributed by atoms with Gasteiger partial charge < -0.3 is 9.64 Å². The number of aromatic nitrogens is 6. The van der Waals surface area contributed by atoms with Gasteiger partial charge in [0.05, 0.1) is 18.8 Å². The molecule has 0 aliphatic carbocycles. The first-order valence-corrected chi connectivity index (χ1v) is 10.8. The molecule has 1 aliphatic rings. The molecule has 1 atom stereocenters. The molecular formula is C22H21ClFN7O2. The molecular weight excluding hydrogens is 449 g/mol. The Balaban J connectivity index is 1.68. The third-order valence-electron chi connectivity index (χ3n) is 5.86. The van der Waals surface area contributed by atoms with Crippen molar-refractivity contribution in [2.24, 2.45) is 14.1 Å². The second-order valence-corrected chi connectivity index (χ2v) is 8.34. The smallest absolute Gasteiger partial charge is 0.279 e. The Morgan fingerprint density at radius 3 is 2.70 bits per heavy atom. The molecule has 1 aliphatic heterocycles. The van der Waals surface area contributed by atoms with Gasteiger partial charge in [-0.1, -0.05) is 11.6 Å². The van der Waals surface area contributed by atoms with Crippen molar-refractivity contribution in [3.05, 3.63) is 63.2 Å². The number of anilines is 1. The molecule has 170 valence electrons. The topological polar surface area (TPSA) is 91.0 Å². The van der Waals surface area contributed by atoms with Crippen molar-refractivity contribution in [1.29, 1.82) is 0 Å². The van der Waals surface area contributed by atoms with E-state index < -0.39 is 5.82 Å². The Morgan fingerprint density at radius 2 is 1.97 bits per heavy atom. The number of benzene rings is 1. The Bertz CT molecular complexity index is 1430. The number of rotatable bonds is 3. The van der Waals surface area contributed by atoms with E-state index >= 15 is 0 Å². The van der Waals surface area contributed by atoms with Gasteiger partial charge in [-0.3, -0.25) is 14.0 Å². The van der Waals surface area contributed by atoms with Crippen LogP contribution in [0.4, 0.5) is 10.3 Å². The summed E-state index contributed by atoms with van der Waals surface area (Å²) in [5.74, 6) is 0.232. The molecule has 5 rings (SSSR count). The van der Waals surface area contributed by atoms with Crippen molar-refractivity contribution >= 4 is 28.6 Å². The second-order valence-electron chi connectivity index (χ2n) is 7.90. The molecule has 11 heteroatoms. The van der Waals surface area contributed by atoms with Gasteiger partial charge in [-0.25, -0.2) is 19.3 Å². The summed E-state index contributed by atoms with van der Waals surface area (Å²) in [4.78, 5) is 28.7. The molecule has 4 aromatic rings. The number of nitrogens with zero attached hydrogens (tertiary/aromatic N) is 7. The first kappa shape index (κ1) is 21.5. The number of halogens is 2. The van der Waals surface area contributed by atoms with E-state index in [1.165, 1.54) is 16.7 Å². The van der Waals surface area contributed by atoms with Crippen molar-refractivity contribution < 1.29 is 9.13 Å². The average molecular weight is 470 g/mol. The van der Waals surface area contributed by atoms with Crippen LogP contribution >= 0.6 is 11.6 Å². The minimum Gasteiger partial charge on any atom is -0.368 e. The number of fused-ring (bicyclic) bond motifs is 1. The Hall–Kier alpha value is -3.37. The molecule has 1 unspecified atom stereocenters. The SMILES string of the molecule is Cc1nc2c(-c3ccc(Cl)cc3F)nc(N3CCOC(c4ccnn4C)C3)nc2c(=O)n1C. The molecule has 4 heterocycles. The molecule has 0 amide bonds. The van der Waals surface area contributed by atoms with E-state index in [0.29, 0.717) is 31.5 Å². The zero-order chi connectivity index (χ0) is 23.3. The first-order chi connectivity index (χ1) is 15.8. The third kappa shape index (κ3) is 3.75. The number of ether oxygens (including phenoxy) is 1. The van der Waals surface area contributed by atoms with Crippen LogP contribution in [0.1, 0.15) is 17.6 Å². The summed E-state index contributed by atoms with van der Waals surface area (Å²) in [6.07, 6.45) is 1.46. The molecule has 0 spiro atoms. The summed E-state index contributed by atoms with van der Waals surface area (Å²) in [5.41, 5.74) is 1.40. The van der Waals surface area contributed by atoms with Crippen LogP contribution < -0.4 is 10.5 Å². The van der Waals surface area contributed by atoms with E-state index in [4.69, 9.17) is 16.3 Å². The molecule has 0 saturated carbocycles.